The van der Waals surface area contributed by atoms with Crippen molar-refractivity contribution in [1.29, 1.82) is 0 Å². The molecule has 0 fully saturated rings. The molecular formula is C12H15FN4. The van der Waals surface area contributed by atoms with Crippen molar-refractivity contribution in [3.05, 3.63) is 47.5 Å². The van der Waals surface area contributed by atoms with Gasteiger partial charge in [-0.05, 0) is 12.6 Å². The number of hydrogen-bond donors (Lipinski definition) is 1. The molecule has 0 saturated heterocycles. The van der Waals surface area contributed by atoms with Crippen LogP contribution in [-0.4, -0.2) is 21.5 Å². The van der Waals surface area contributed by atoms with E-state index in [-0.39, 0.29) is 5.82 Å². The molecule has 0 saturated carbocycles. The number of aromatic nitrogens is 3. The number of rotatable bonds is 5. The van der Waals surface area contributed by atoms with Crippen molar-refractivity contribution < 1.29 is 4.39 Å². The molecule has 1 aromatic carbocycles. The van der Waals surface area contributed by atoms with Crippen LogP contribution < -0.4 is 5.32 Å². The predicted molar refractivity (Wildman–Crippen MR) is 62.9 cm³/mol. The third-order valence-corrected chi connectivity index (χ3v) is 2.43. The molecule has 1 heterocycles. The zero-order valence-corrected chi connectivity index (χ0v) is 9.73. The van der Waals surface area contributed by atoms with E-state index >= 15 is 0 Å². The first-order chi connectivity index (χ1) is 8.29. The molecule has 5 heteroatoms. The van der Waals surface area contributed by atoms with E-state index in [1.807, 2.05) is 19.2 Å². The van der Waals surface area contributed by atoms with Gasteiger partial charge in [-0.3, -0.25) is 0 Å². The van der Waals surface area contributed by atoms with E-state index in [1.54, 1.807) is 16.8 Å². The lowest BCUT2D eigenvalue weighted by Crippen LogP contribution is -2.11. The van der Waals surface area contributed by atoms with E-state index in [0.717, 1.165) is 12.2 Å². The summed E-state index contributed by atoms with van der Waals surface area (Å²) in [6, 6.07) is 6.69. The Hall–Kier alpha value is -1.75. The fourth-order valence-corrected chi connectivity index (χ4v) is 1.55. The van der Waals surface area contributed by atoms with E-state index < -0.39 is 0 Å². The van der Waals surface area contributed by atoms with Crippen molar-refractivity contribution in [2.75, 3.05) is 6.54 Å². The fraction of sp³-hybridized carbons (Fsp3) is 0.333. The Kier molecular flexibility index (Phi) is 3.82. The first-order valence-corrected chi connectivity index (χ1v) is 5.62. The van der Waals surface area contributed by atoms with E-state index in [4.69, 9.17) is 0 Å². The lowest BCUT2D eigenvalue weighted by atomic mass is 10.2. The molecule has 2 rings (SSSR count). The largest absolute Gasteiger partial charge is 0.311 e. The second-order valence-corrected chi connectivity index (χ2v) is 3.78. The van der Waals surface area contributed by atoms with Crippen molar-refractivity contribution in [2.24, 2.45) is 0 Å². The van der Waals surface area contributed by atoms with Crippen LogP contribution in [0, 0.1) is 5.82 Å². The molecule has 4 nitrogen and oxygen atoms in total. The molecule has 1 N–H and O–H groups in total. The molecule has 0 aliphatic rings. The van der Waals surface area contributed by atoms with Gasteiger partial charge < -0.3 is 5.32 Å². The van der Waals surface area contributed by atoms with Crippen LogP contribution in [0.3, 0.4) is 0 Å². The van der Waals surface area contributed by atoms with Gasteiger partial charge in [0, 0.05) is 12.1 Å². The number of benzene rings is 1. The summed E-state index contributed by atoms with van der Waals surface area (Å²) in [6.07, 6.45) is 1.83. The topological polar surface area (TPSA) is 42.7 Å². The van der Waals surface area contributed by atoms with Gasteiger partial charge in [-0.2, -0.15) is 0 Å². The van der Waals surface area contributed by atoms with Crippen molar-refractivity contribution in [1.82, 2.24) is 20.3 Å². The average Bonchev–Trinajstić information content (AvgIpc) is 2.77. The number of halogens is 1. The van der Waals surface area contributed by atoms with Gasteiger partial charge in [-0.1, -0.05) is 30.3 Å². The molecule has 1 aromatic heterocycles. The average molecular weight is 234 g/mol. The standard InChI is InChI=1S/C12H15FN4/c1-2-14-7-11-9-17(16-15-11)8-10-5-3-4-6-12(10)13/h3-6,9,14H,2,7-8H2,1H3. The van der Waals surface area contributed by atoms with Crippen LogP contribution in [-0.2, 0) is 13.1 Å². The fourth-order valence-electron chi connectivity index (χ4n) is 1.55. The lowest BCUT2D eigenvalue weighted by Gasteiger charge is -2.01. The summed E-state index contributed by atoms with van der Waals surface area (Å²) < 4.78 is 15.1. The molecular weight excluding hydrogens is 219 g/mol. The Morgan fingerprint density at radius 2 is 2.18 bits per heavy atom. The number of nitrogens with one attached hydrogen (secondary N) is 1. The van der Waals surface area contributed by atoms with Gasteiger partial charge in [0.1, 0.15) is 5.82 Å². The van der Waals surface area contributed by atoms with Crippen LogP contribution in [0.2, 0.25) is 0 Å². The quantitative estimate of drug-likeness (QED) is 0.854. The van der Waals surface area contributed by atoms with Gasteiger partial charge in [0.15, 0.2) is 0 Å². The minimum absolute atomic E-state index is 0.212. The maximum atomic E-state index is 13.4. The van der Waals surface area contributed by atoms with Crippen molar-refractivity contribution in [2.45, 2.75) is 20.0 Å². The van der Waals surface area contributed by atoms with Crippen molar-refractivity contribution >= 4 is 0 Å². The van der Waals surface area contributed by atoms with Gasteiger partial charge in [0.25, 0.3) is 0 Å². The maximum absolute atomic E-state index is 13.4. The maximum Gasteiger partial charge on any atom is 0.128 e. The molecule has 17 heavy (non-hydrogen) atoms. The zero-order chi connectivity index (χ0) is 12.1. The molecule has 0 aliphatic heterocycles. The van der Waals surface area contributed by atoms with Crippen LogP contribution in [0.1, 0.15) is 18.2 Å². The van der Waals surface area contributed by atoms with Crippen LogP contribution in [0.4, 0.5) is 4.39 Å². The highest BCUT2D eigenvalue weighted by Crippen LogP contribution is 2.07. The van der Waals surface area contributed by atoms with Crippen LogP contribution >= 0.6 is 0 Å². The molecule has 90 valence electrons. The molecule has 0 atom stereocenters. The van der Waals surface area contributed by atoms with Gasteiger partial charge in [0.05, 0.1) is 18.4 Å². The summed E-state index contributed by atoms with van der Waals surface area (Å²) >= 11 is 0. The third-order valence-electron chi connectivity index (χ3n) is 2.43. The summed E-state index contributed by atoms with van der Waals surface area (Å²) in [4.78, 5) is 0. The normalized spacial score (nSPS) is 10.7. The second-order valence-electron chi connectivity index (χ2n) is 3.78. The van der Waals surface area contributed by atoms with Crippen LogP contribution in [0.15, 0.2) is 30.5 Å². The summed E-state index contributed by atoms with van der Waals surface area (Å²) in [5, 5.41) is 11.1. The Bertz CT molecular complexity index is 481. The molecule has 0 radical (unpaired) electrons. The summed E-state index contributed by atoms with van der Waals surface area (Å²) in [7, 11) is 0. The van der Waals surface area contributed by atoms with E-state index in [9.17, 15) is 4.39 Å². The molecule has 0 amide bonds. The third kappa shape index (κ3) is 3.10. The molecule has 0 unspecified atom stereocenters. The highest BCUT2D eigenvalue weighted by molar-refractivity contribution is 5.17. The first kappa shape index (κ1) is 11.7. The molecule has 2 aromatic rings. The minimum Gasteiger partial charge on any atom is -0.311 e. The van der Waals surface area contributed by atoms with Crippen LogP contribution in [0.25, 0.3) is 0 Å². The molecule has 0 aliphatic carbocycles. The molecule has 0 spiro atoms. The van der Waals surface area contributed by atoms with Crippen molar-refractivity contribution in [3.63, 3.8) is 0 Å². The first-order valence-electron chi connectivity index (χ1n) is 5.62. The Balaban J connectivity index is 2.04. The summed E-state index contributed by atoms with van der Waals surface area (Å²) in [5.41, 5.74) is 1.48. The van der Waals surface area contributed by atoms with E-state index in [2.05, 4.69) is 15.6 Å². The SMILES string of the molecule is CCNCc1cn(Cc2ccccc2F)nn1. The zero-order valence-electron chi connectivity index (χ0n) is 9.73. The Labute approximate surface area is 99.5 Å². The highest BCUT2D eigenvalue weighted by atomic mass is 19.1. The van der Waals surface area contributed by atoms with Gasteiger partial charge in [-0.15, -0.1) is 5.10 Å². The number of hydrogen-bond acceptors (Lipinski definition) is 3. The second kappa shape index (κ2) is 5.54. The summed E-state index contributed by atoms with van der Waals surface area (Å²) in [5.74, 6) is -0.212. The smallest absolute Gasteiger partial charge is 0.128 e. The van der Waals surface area contributed by atoms with Crippen LogP contribution in [0.5, 0.6) is 0 Å². The lowest BCUT2D eigenvalue weighted by molar-refractivity contribution is 0.577. The van der Waals surface area contributed by atoms with Gasteiger partial charge in [0.2, 0.25) is 0 Å². The highest BCUT2D eigenvalue weighted by Gasteiger charge is 2.04. The summed E-state index contributed by atoms with van der Waals surface area (Å²) in [6.45, 7) is 4.02. The number of nitrogens with zero attached hydrogens (tertiary/aromatic N) is 3. The predicted octanol–water partition coefficient (Wildman–Crippen LogP) is 1.57. The Morgan fingerprint density at radius 3 is 2.94 bits per heavy atom. The van der Waals surface area contributed by atoms with Gasteiger partial charge in [-0.25, -0.2) is 9.07 Å². The van der Waals surface area contributed by atoms with E-state index in [1.165, 1.54) is 6.07 Å². The monoisotopic (exact) mass is 234 g/mol. The van der Waals surface area contributed by atoms with E-state index in [0.29, 0.717) is 18.7 Å². The van der Waals surface area contributed by atoms with Gasteiger partial charge >= 0.3 is 0 Å². The van der Waals surface area contributed by atoms with Crippen molar-refractivity contribution in [3.8, 4) is 0 Å². The molecule has 0 bridgehead atoms. The minimum atomic E-state index is -0.212. The Morgan fingerprint density at radius 1 is 1.35 bits per heavy atom.